The molecule has 2 heterocycles. The molecule has 0 spiro atoms. The summed E-state index contributed by atoms with van der Waals surface area (Å²) in [4.78, 5) is 14.7. The summed E-state index contributed by atoms with van der Waals surface area (Å²) >= 11 is 0. The Bertz CT molecular complexity index is 1070. The van der Waals surface area contributed by atoms with E-state index in [9.17, 15) is 4.79 Å². The van der Waals surface area contributed by atoms with Gasteiger partial charge in [-0.2, -0.15) is 0 Å². The Morgan fingerprint density at radius 3 is 2.62 bits per heavy atom. The van der Waals surface area contributed by atoms with Crippen LogP contribution < -0.4 is 15.0 Å². The molecule has 3 aromatic rings. The first-order chi connectivity index (χ1) is 15.5. The van der Waals surface area contributed by atoms with Crippen molar-refractivity contribution in [3.63, 3.8) is 0 Å². The molecule has 0 atom stereocenters. The molecule has 166 valence electrons. The number of nitrogens with zero attached hydrogens (tertiary/aromatic N) is 3. The molecule has 0 aliphatic carbocycles. The molecule has 4 rings (SSSR count). The van der Waals surface area contributed by atoms with Gasteiger partial charge in [0.1, 0.15) is 5.75 Å². The number of ether oxygens (including phenoxy) is 1. The summed E-state index contributed by atoms with van der Waals surface area (Å²) in [5, 5.41) is 11.8. The Kier molecular flexibility index (Phi) is 6.69. The fourth-order valence-corrected chi connectivity index (χ4v) is 3.84. The predicted molar refractivity (Wildman–Crippen MR) is 128 cm³/mol. The fourth-order valence-electron chi connectivity index (χ4n) is 3.84. The first-order valence-electron chi connectivity index (χ1n) is 11.2. The van der Waals surface area contributed by atoms with Crippen LogP contribution in [0.4, 0.5) is 11.5 Å². The second-order valence-corrected chi connectivity index (χ2v) is 8.63. The summed E-state index contributed by atoms with van der Waals surface area (Å²) in [6.07, 6.45) is 2.39. The maximum atomic E-state index is 12.4. The standard InChI is InChI=1S/C26H30N4O2/c1-18-11-13-30(14-12-18)25-10-9-23(28-29-25)21-5-4-6-22(16-21)27-26(31)17-32-24-15-19(2)7-8-20(24)3/h4-10,15-16,18H,11-14,17H2,1-3H3,(H,27,31). The van der Waals surface area contributed by atoms with Crippen molar-refractivity contribution in [2.24, 2.45) is 5.92 Å². The molecule has 1 saturated heterocycles. The lowest BCUT2D eigenvalue weighted by atomic mass is 9.99. The monoisotopic (exact) mass is 430 g/mol. The minimum Gasteiger partial charge on any atom is -0.483 e. The number of nitrogens with one attached hydrogen (secondary N) is 1. The van der Waals surface area contributed by atoms with E-state index in [4.69, 9.17) is 4.74 Å². The van der Waals surface area contributed by atoms with Crippen LogP contribution in [-0.4, -0.2) is 35.8 Å². The highest BCUT2D eigenvalue weighted by Crippen LogP contribution is 2.25. The Labute approximate surface area is 189 Å². The number of aromatic nitrogens is 2. The summed E-state index contributed by atoms with van der Waals surface area (Å²) in [6, 6.07) is 17.6. The van der Waals surface area contributed by atoms with Gasteiger partial charge < -0.3 is 15.0 Å². The first kappa shape index (κ1) is 21.8. The van der Waals surface area contributed by atoms with E-state index in [1.165, 1.54) is 12.8 Å². The number of rotatable bonds is 6. The molecule has 0 radical (unpaired) electrons. The number of carbonyl (C=O) groups is 1. The predicted octanol–water partition coefficient (Wildman–Crippen LogP) is 5.01. The van der Waals surface area contributed by atoms with Crippen LogP contribution >= 0.6 is 0 Å². The lowest BCUT2D eigenvalue weighted by molar-refractivity contribution is -0.118. The molecule has 1 aromatic heterocycles. The highest BCUT2D eigenvalue weighted by molar-refractivity contribution is 5.92. The molecule has 0 saturated carbocycles. The van der Waals surface area contributed by atoms with Gasteiger partial charge in [-0.1, -0.05) is 31.2 Å². The average molecular weight is 431 g/mol. The maximum absolute atomic E-state index is 12.4. The van der Waals surface area contributed by atoms with E-state index in [1.807, 2.05) is 68.4 Å². The third kappa shape index (κ3) is 5.44. The van der Waals surface area contributed by atoms with E-state index in [0.717, 1.165) is 53.0 Å². The number of piperidine rings is 1. The molecule has 1 N–H and O–H groups in total. The van der Waals surface area contributed by atoms with E-state index in [2.05, 4.69) is 27.3 Å². The van der Waals surface area contributed by atoms with Crippen LogP contribution in [0, 0.1) is 19.8 Å². The van der Waals surface area contributed by atoms with Crippen molar-refractivity contribution < 1.29 is 9.53 Å². The van der Waals surface area contributed by atoms with Gasteiger partial charge in [0.15, 0.2) is 12.4 Å². The summed E-state index contributed by atoms with van der Waals surface area (Å²) in [5.41, 5.74) is 4.49. The van der Waals surface area contributed by atoms with Gasteiger partial charge in [-0.3, -0.25) is 4.79 Å². The lowest BCUT2D eigenvalue weighted by Gasteiger charge is -2.30. The minimum absolute atomic E-state index is 0.0442. The van der Waals surface area contributed by atoms with Crippen LogP contribution in [0.1, 0.15) is 30.9 Å². The van der Waals surface area contributed by atoms with Crippen LogP contribution in [0.2, 0.25) is 0 Å². The van der Waals surface area contributed by atoms with E-state index < -0.39 is 0 Å². The van der Waals surface area contributed by atoms with Crippen molar-refractivity contribution in [3.8, 4) is 17.0 Å². The van der Waals surface area contributed by atoms with Crippen LogP contribution in [0.5, 0.6) is 5.75 Å². The second kappa shape index (κ2) is 9.81. The lowest BCUT2D eigenvalue weighted by Crippen LogP contribution is -2.33. The Morgan fingerprint density at radius 1 is 1.06 bits per heavy atom. The smallest absolute Gasteiger partial charge is 0.262 e. The van der Waals surface area contributed by atoms with Crippen molar-refractivity contribution in [2.75, 3.05) is 29.9 Å². The fraction of sp³-hybridized carbons (Fsp3) is 0.346. The molecule has 32 heavy (non-hydrogen) atoms. The van der Waals surface area contributed by atoms with Gasteiger partial charge in [0.25, 0.3) is 5.91 Å². The summed E-state index contributed by atoms with van der Waals surface area (Å²) in [5.74, 6) is 2.23. The summed E-state index contributed by atoms with van der Waals surface area (Å²) in [7, 11) is 0. The third-order valence-electron chi connectivity index (χ3n) is 5.90. The summed E-state index contributed by atoms with van der Waals surface area (Å²) < 4.78 is 5.70. The average Bonchev–Trinajstić information content (AvgIpc) is 2.80. The zero-order valence-corrected chi connectivity index (χ0v) is 19.0. The quantitative estimate of drug-likeness (QED) is 0.595. The van der Waals surface area contributed by atoms with E-state index >= 15 is 0 Å². The molecule has 1 aliphatic heterocycles. The number of amides is 1. The van der Waals surface area contributed by atoms with Crippen LogP contribution in [-0.2, 0) is 4.79 Å². The molecule has 1 fully saturated rings. The van der Waals surface area contributed by atoms with Gasteiger partial charge in [0.2, 0.25) is 0 Å². The Morgan fingerprint density at radius 2 is 1.88 bits per heavy atom. The molecule has 2 aromatic carbocycles. The van der Waals surface area contributed by atoms with Gasteiger partial charge in [-0.05, 0) is 74.1 Å². The minimum atomic E-state index is -0.205. The van der Waals surface area contributed by atoms with E-state index in [-0.39, 0.29) is 12.5 Å². The zero-order valence-electron chi connectivity index (χ0n) is 19.0. The van der Waals surface area contributed by atoms with Crippen molar-refractivity contribution in [1.29, 1.82) is 0 Å². The number of anilines is 2. The van der Waals surface area contributed by atoms with Crippen LogP contribution in [0.15, 0.2) is 54.6 Å². The van der Waals surface area contributed by atoms with Gasteiger partial charge in [0.05, 0.1) is 5.69 Å². The van der Waals surface area contributed by atoms with E-state index in [1.54, 1.807) is 0 Å². The highest BCUT2D eigenvalue weighted by atomic mass is 16.5. The number of hydrogen-bond acceptors (Lipinski definition) is 5. The number of aryl methyl sites for hydroxylation is 2. The zero-order chi connectivity index (χ0) is 22.5. The Balaban J connectivity index is 1.37. The topological polar surface area (TPSA) is 67.3 Å². The number of carbonyl (C=O) groups excluding carboxylic acids is 1. The second-order valence-electron chi connectivity index (χ2n) is 8.63. The van der Waals surface area contributed by atoms with Crippen molar-refractivity contribution in [2.45, 2.75) is 33.6 Å². The molecule has 6 heteroatoms. The van der Waals surface area contributed by atoms with Crippen molar-refractivity contribution in [1.82, 2.24) is 10.2 Å². The molecular weight excluding hydrogens is 400 g/mol. The van der Waals surface area contributed by atoms with Gasteiger partial charge in [0, 0.05) is 24.3 Å². The molecule has 0 unspecified atom stereocenters. The van der Waals surface area contributed by atoms with Crippen LogP contribution in [0.25, 0.3) is 11.3 Å². The molecule has 0 bridgehead atoms. The third-order valence-corrected chi connectivity index (χ3v) is 5.90. The van der Waals surface area contributed by atoms with Gasteiger partial charge >= 0.3 is 0 Å². The number of benzene rings is 2. The van der Waals surface area contributed by atoms with E-state index in [0.29, 0.717) is 5.69 Å². The van der Waals surface area contributed by atoms with Gasteiger partial charge in [-0.25, -0.2) is 0 Å². The largest absolute Gasteiger partial charge is 0.483 e. The molecule has 1 amide bonds. The molecule has 1 aliphatic rings. The van der Waals surface area contributed by atoms with Crippen molar-refractivity contribution >= 4 is 17.4 Å². The van der Waals surface area contributed by atoms with Gasteiger partial charge in [-0.15, -0.1) is 10.2 Å². The normalized spacial score (nSPS) is 14.3. The summed E-state index contributed by atoms with van der Waals surface area (Å²) in [6.45, 7) is 8.28. The number of hydrogen-bond donors (Lipinski definition) is 1. The SMILES string of the molecule is Cc1ccc(C)c(OCC(=O)Nc2cccc(-c3ccc(N4CCC(C)CC4)nn3)c2)c1. The van der Waals surface area contributed by atoms with Crippen LogP contribution in [0.3, 0.4) is 0 Å². The Hall–Kier alpha value is -3.41. The molecule has 6 nitrogen and oxygen atoms in total. The first-order valence-corrected chi connectivity index (χ1v) is 11.2. The maximum Gasteiger partial charge on any atom is 0.262 e. The highest BCUT2D eigenvalue weighted by Gasteiger charge is 2.17. The van der Waals surface area contributed by atoms with Crippen molar-refractivity contribution in [3.05, 3.63) is 65.7 Å². The molecular formula is C26H30N4O2.